The number of aliphatic carboxylic acids is 1. The van der Waals surface area contributed by atoms with Crippen LogP contribution in [0.3, 0.4) is 0 Å². The topological polar surface area (TPSA) is 104 Å². The fraction of sp³-hybridized carbons (Fsp3) is 0.480. The monoisotopic (exact) mass is 507 g/mol. The van der Waals surface area contributed by atoms with Crippen molar-refractivity contribution in [2.24, 2.45) is 5.41 Å². The number of sulfone groups is 1. The average molecular weight is 508 g/mol. The minimum Gasteiger partial charge on any atom is -0.489 e. The van der Waals surface area contributed by atoms with Crippen molar-refractivity contribution in [3.8, 4) is 5.75 Å². The van der Waals surface area contributed by atoms with Crippen LogP contribution in [0.25, 0.3) is 0 Å². The Morgan fingerprint density at radius 1 is 1.24 bits per heavy atom. The number of unbranched alkanes of at least 4 members (excludes halogenated alkanes) is 1. The molecule has 0 radical (unpaired) electrons. The van der Waals surface area contributed by atoms with E-state index in [1.54, 1.807) is 6.07 Å². The van der Waals surface area contributed by atoms with Crippen LogP contribution in [-0.4, -0.2) is 55.9 Å². The van der Waals surface area contributed by atoms with Gasteiger partial charge in [0.15, 0.2) is 15.9 Å². The number of nitrogens with zero attached hydrogens (tertiary/aromatic N) is 1. The van der Waals surface area contributed by atoms with Crippen molar-refractivity contribution < 1.29 is 28.2 Å². The molecule has 0 aliphatic carbocycles. The zero-order valence-corrected chi connectivity index (χ0v) is 21.5. The lowest BCUT2D eigenvalue weighted by Crippen LogP contribution is -2.37. The zero-order chi connectivity index (χ0) is 24.9. The predicted molar refractivity (Wildman–Crippen MR) is 135 cm³/mol. The Balaban J connectivity index is 2.18. The number of hydrogen-bond donors (Lipinski definition) is 2. The van der Waals surface area contributed by atoms with Gasteiger partial charge in [-0.25, -0.2) is 13.2 Å². The summed E-state index contributed by atoms with van der Waals surface area (Å²) in [5.74, 6) is -1.12. The van der Waals surface area contributed by atoms with Gasteiger partial charge in [-0.3, -0.25) is 0 Å². The molecule has 0 bridgehead atoms. The highest BCUT2D eigenvalue weighted by Crippen LogP contribution is 2.47. The first-order valence-electron chi connectivity index (χ1n) is 11.5. The second-order valence-electron chi connectivity index (χ2n) is 8.77. The fourth-order valence-corrected chi connectivity index (χ4v) is 7.11. The predicted octanol–water partition coefficient (Wildman–Crippen LogP) is 4.74. The van der Waals surface area contributed by atoms with Gasteiger partial charge in [0.1, 0.15) is 12.4 Å². The van der Waals surface area contributed by atoms with Crippen molar-refractivity contribution in [1.82, 2.24) is 0 Å². The summed E-state index contributed by atoms with van der Waals surface area (Å²) in [4.78, 5) is 13.9. The molecule has 2 N–H and O–H groups in total. The molecule has 0 aromatic heterocycles. The number of rotatable bonds is 10. The van der Waals surface area contributed by atoms with Gasteiger partial charge in [-0.15, -0.1) is 11.8 Å². The summed E-state index contributed by atoms with van der Waals surface area (Å²) in [6.45, 7) is 4.27. The van der Waals surface area contributed by atoms with E-state index in [0.29, 0.717) is 17.1 Å². The van der Waals surface area contributed by atoms with Crippen molar-refractivity contribution in [2.75, 3.05) is 30.1 Å². The third-order valence-electron chi connectivity index (χ3n) is 6.42. The third kappa shape index (κ3) is 5.70. The molecule has 0 fully saturated rings. The molecule has 0 spiro atoms. The number of anilines is 2. The number of carboxylic acids is 1. The number of carboxylic acid groups (broad SMARTS) is 1. The number of hydrogen-bond acceptors (Lipinski definition) is 7. The van der Waals surface area contributed by atoms with Crippen LogP contribution in [0.5, 0.6) is 5.75 Å². The Labute approximate surface area is 206 Å². The largest absolute Gasteiger partial charge is 0.489 e. The molecule has 34 heavy (non-hydrogen) atoms. The van der Waals surface area contributed by atoms with Crippen LogP contribution in [0.15, 0.2) is 52.3 Å². The number of aliphatic hydroxyl groups is 1. The van der Waals surface area contributed by atoms with Gasteiger partial charge in [-0.2, -0.15) is 0 Å². The van der Waals surface area contributed by atoms with Crippen LogP contribution in [0.4, 0.5) is 11.4 Å². The minimum atomic E-state index is -3.68. The number of ether oxygens (including phenoxy) is 1. The van der Waals surface area contributed by atoms with E-state index in [9.17, 15) is 18.3 Å². The van der Waals surface area contributed by atoms with Gasteiger partial charge in [-0.05, 0) is 37.3 Å². The normalized spacial score (nSPS) is 20.3. The zero-order valence-electron chi connectivity index (χ0n) is 19.9. The first kappa shape index (κ1) is 26.4. The lowest BCUT2D eigenvalue weighted by Gasteiger charge is -2.36. The highest BCUT2D eigenvalue weighted by molar-refractivity contribution is 7.98. The quantitative estimate of drug-likeness (QED) is 0.444. The molecule has 0 amide bonds. The van der Waals surface area contributed by atoms with Crippen LogP contribution in [-0.2, 0) is 14.6 Å². The number of carbonyl (C=O) groups is 1. The summed E-state index contributed by atoms with van der Waals surface area (Å²) in [6.07, 6.45) is 3.61. The number of benzene rings is 2. The summed E-state index contributed by atoms with van der Waals surface area (Å²) in [6, 6.07) is 13.1. The molecule has 7 nitrogen and oxygen atoms in total. The standard InChI is InChI=1S/C25H33NO6S2/c1-4-6-12-25(5-2)16-26(18-10-8-7-9-11-18)19-13-22(33-3)21(32-15-20(27)24(28)29)14-23(19)34(30,31)17-25/h7-11,13-14,20,27H,4-6,12,15-17H2,1-3H3,(H,28,29)/t20?,25-/m1/s1. The SMILES string of the molecule is CCCC[C@]1(CC)CN(c2ccccc2)c2cc(SC)c(OCC(O)C(=O)O)cc2S(=O)(=O)C1. The van der Waals surface area contributed by atoms with Crippen LogP contribution in [0.2, 0.25) is 0 Å². The van der Waals surface area contributed by atoms with Gasteiger partial charge in [0.2, 0.25) is 0 Å². The third-order valence-corrected chi connectivity index (χ3v) is 9.17. The lowest BCUT2D eigenvalue weighted by atomic mass is 9.81. The van der Waals surface area contributed by atoms with Gasteiger partial charge >= 0.3 is 5.97 Å². The average Bonchev–Trinajstić information content (AvgIpc) is 2.93. The smallest absolute Gasteiger partial charge is 0.336 e. The fourth-order valence-electron chi connectivity index (χ4n) is 4.38. The molecule has 1 heterocycles. The van der Waals surface area contributed by atoms with Crippen LogP contribution in [0.1, 0.15) is 39.5 Å². The van der Waals surface area contributed by atoms with Gasteiger partial charge in [0.05, 0.1) is 21.2 Å². The number of para-hydroxylation sites is 1. The molecule has 2 aromatic rings. The maximum atomic E-state index is 13.8. The van der Waals surface area contributed by atoms with Crippen LogP contribution < -0.4 is 9.64 Å². The second-order valence-corrected chi connectivity index (χ2v) is 11.6. The second kappa shape index (κ2) is 11.0. The van der Waals surface area contributed by atoms with E-state index in [0.717, 1.165) is 31.4 Å². The van der Waals surface area contributed by atoms with Crippen LogP contribution in [0, 0.1) is 5.41 Å². The Morgan fingerprint density at radius 3 is 2.53 bits per heavy atom. The molecule has 0 saturated heterocycles. The molecule has 2 atom stereocenters. The molecular weight excluding hydrogens is 474 g/mol. The van der Waals surface area contributed by atoms with Gasteiger partial charge in [0.25, 0.3) is 0 Å². The summed E-state index contributed by atoms with van der Waals surface area (Å²) in [5.41, 5.74) is 1.09. The first-order chi connectivity index (χ1) is 16.2. The van der Waals surface area contributed by atoms with E-state index >= 15 is 0 Å². The molecule has 1 unspecified atom stereocenters. The number of thioether (sulfide) groups is 1. The summed E-state index contributed by atoms with van der Waals surface area (Å²) in [7, 11) is -3.68. The number of fused-ring (bicyclic) bond motifs is 1. The molecule has 1 aliphatic rings. The van der Waals surface area contributed by atoms with Gasteiger partial charge in [0, 0.05) is 23.7 Å². The molecule has 1 aliphatic heterocycles. The summed E-state index contributed by atoms with van der Waals surface area (Å²) >= 11 is 1.38. The van der Waals surface area contributed by atoms with Gasteiger partial charge in [-0.1, -0.05) is 44.9 Å². The van der Waals surface area contributed by atoms with Crippen molar-refractivity contribution in [2.45, 2.75) is 55.4 Å². The molecule has 2 aromatic carbocycles. The van der Waals surface area contributed by atoms with Crippen molar-refractivity contribution in [1.29, 1.82) is 0 Å². The van der Waals surface area contributed by atoms with Crippen molar-refractivity contribution in [3.05, 3.63) is 42.5 Å². The van der Waals surface area contributed by atoms with E-state index < -0.39 is 33.9 Å². The van der Waals surface area contributed by atoms with E-state index in [2.05, 4.69) is 18.7 Å². The Kier molecular flexibility index (Phi) is 8.54. The molecule has 9 heteroatoms. The van der Waals surface area contributed by atoms with Crippen LogP contribution >= 0.6 is 11.8 Å². The van der Waals surface area contributed by atoms with E-state index in [1.807, 2.05) is 36.6 Å². The summed E-state index contributed by atoms with van der Waals surface area (Å²) < 4.78 is 33.1. The van der Waals surface area contributed by atoms with E-state index in [4.69, 9.17) is 9.84 Å². The highest BCUT2D eigenvalue weighted by Gasteiger charge is 2.42. The Morgan fingerprint density at radius 2 is 1.94 bits per heavy atom. The highest BCUT2D eigenvalue weighted by atomic mass is 32.2. The lowest BCUT2D eigenvalue weighted by molar-refractivity contribution is -0.148. The first-order valence-corrected chi connectivity index (χ1v) is 14.3. The van der Waals surface area contributed by atoms with Crippen molar-refractivity contribution >= 4 is 38.9 Å². The van der Waals surface area contributed by atoms with E-state index in [-0.39, 0.29) is 16.4 Å². The molecule has 186 valence electrons. The molecular formula is C25H33NO6S2. The Bertz CT molecular complexity index is 1110. The maximum Gasteiger partial charge on any atom is 0.336 e. The van der Waals surface area contributed by atoms with Crippen molar-refractivity contribution in [3.63, 3.8) is 0 Å². The van der Waals surface area contributed by atoms with E-state index in [1.165, 1.54) is 17.8 Å². The summed E-state index contributed by atoms with van der Waals surface area (Å²) in [5, 5.41) is 18.6. The molecule has 0 saturated carbocycles. The Hall–Kier alpha value is -2.23. The van der Waals surface area contributed by atoms with Gasteiger partial charge < -0.3 is 19.8 Å². The number of aliphatic hydroxyl groups excluding tert-OH is 1. The molecule has 3 rings (SSSR count). The maximum absolute atomic E-state index is 13.8. The minimum absolute atomic E-state index is 0.0304.